The second kappa shape index (κ2) is 6.04. The summed E-state index contributed by atoms with van der Waals surface area (Å²) >= 11 is 0. The first-order valence-electron chi connectivity index (χ1n) is 6.24. The number of halogens is 3. The lowest BCUT2D eigenvalue weighted by molar-refractivity contribution is 0.366. The van der Waals surface area contributed by atoms with E-state index in [1.165, 1.54) is 0 Å². The molecule has 0 saturated carbocycles. The topological polar surface area (TPSA) is 64.9 Å². The van der Waals surface area contributed by atoms with Crippen LogP contribution in [0.2, 0.25) is 0 Å². The first-order valence-corrected chi connectivity index (χ1v) is 6.24. The number of nitrogens with zero attached hydrogens (tertiary/aromatic N) is 2. The summed E-state index contributed by atoms with van der Waals surface area (Å²) < 4.78 is 44.1. The van der Waals surface area contributed by atoms with E-state index in [-0.39, 0.29) is 23.3 Å². The van der Waals surface area contributed by atoms with Gasteiger partial charge in [-0.25, -0.2) is 13.2 Å². The van der Waals surface area contributed by atoms with Gasteiger partial charge >= 0.3 is 0 Å². The zero-order valence-corrected chi connectivity index (χ0v) is 10.9. The van der Waals surface area contributed by atoms with Gasteiger partial charge in [0, 0.05) is 18.0 Å². The molecule has 2 aromatic rings. The highest BCUT2D eigenvalue weighted by Gasteiger charge is 2.16. The van der Waals surface area contributed by atoms with Gasteiger partial charge in [-0.15, -0.1) is 0 Å². The molecule has 1 aromatic heterocycles. The fourth-order valence-electron chi connectivity index (χ4n) is 1.84. The summed E-state index contributed by atoms with van der Waals surface area (Å²) in [6.07, 6.45) is 2.11. The van der Waals surface area contributed by atoms with Crippen LogP contribution in [-0.4, -0.2) is 16.2 Å². The first-order chi connectivity index (χ1) is 9.51. The highest BCUT2D eigenvalue weighted by atomic mass is 19.2. The van der Waals surface area contributed by atoms with Crippen LogP contribution in [-0.2, 0) is 6.42 Å². The molecule has 0 radical (unpaired) electrons. The van der Waals surface area contributed by atoms with Crippen LogP contribution in [0.4, 0.5) is 13.2 Å². The van der Waals surface area contributed by atoms with Crippen molar-refractivity contribution in [1.29, 1.82) is 0 Å². The van der Waals surface area contributed by atoms with Crippen molar-refractivity contribution in [1.82, 2.24) is 10.1 Å². The third-order valence-electron chi connectivity index (χ3n) is 2.81. The van der Waals surface area contributed by atoms with Crippen molar-refractivity contribution in [2.45, 2.75) is 32.2 Å². The van der Waals surface area contributed by atoms with Crippen molar-refractivity contribution < 1.29 is 17.7 Å². The monoisotopic (exact) mass is 285 g/mol. The van der Waals surface area contributed by atoms with Gasteiger partial charge in [0.1, 0.15) is 0 Å². The lowest BCUT2D eigenvalue weighted by Crippen LogP contribution is -2.22. The van der Waals surface area contributed by atoms with Crippen molar-refractivity contribution in [3.05, 3.63) is 35.5 Å². The molecule has 1 unspecified atom stereocenters. The van der Waals surface area contributed by atoms with Crippen molar-refractivity contribution in [3.8, 4) is 11.4 Å². The molecule has 0 bridgehead atoms. The van der Waals surface area contributed by atoms with Crippen molar-refractivity contribution in [2.24, 2.45) is 5.73 Å². The molecule has 0 aliphatic rings. The van der Waals surface area contributed by atoms with Crippen LogP contribution in [0.1, 0.15) is 25.7 Å². The Balaban J connectivity index is 2.20. The van der Waals surface area contributed by atoms with Crippen LogP contribution >= 0.6 is 0 Å². The molecule has 0 spiro atoms. The quantitative estimate of drug-likeness (QED) is 0.858. The molecule has 20 heavy (non-hydrogen) atoms. The minimum atomic E-state index is -1.53. The van der Waals surface area contributed by atoms with E-state index in [1.807, 2.05) is 6.92 Å². The van der Waals surface area contributed by atoms with Gasteiger partial charge in [-0.1, -0.05) is 18.5 Å². The van der Waals surface area contributed by atoms with Gasteiger partial charge < -0.3 is 10.3 Å². The average Bonchev–Trinajstić information content (AvgIpc) is 2.84. The van der Waals surface area contributed by atoms with E-state index in [2.05, 4.69) is 10.1 Å². The summed E-state index contributed by atoms with van der Waals surface area (Å²) in [6, 6.07) is 1.52. The second-order valence-corrected chi connectivity index (χ2v) is 4.52. The summed E-state index contributed by atoms with van der Waals surface area (Å²) in [5.74, 6) is -3.84. The summed E-state index contributed by atoms with van der Waals surface area (Å²) in [6.45, 7) is 2.00. The maximum absolute atomic E-state index is 13.1. The predicted molar refractivity (Wildman–Crippen MR) is 66.2 cm³/mol. The molecule has 0 amide bonds. The van der Waals surface area contributed by atoms with Crippen molar-refractivity contribution in [3.63, 3.8) is 0 Å². The number of nitrogens with two attached hydrogens (primary N) is 1. The fourth-order valence-corrected chi connectivity index (χ4v) is 1.84. The molecule has 7 heteroatoms. The standard InChI is InChI=1S/C13H14F3N3O/c1-2-3-8(17)6-11-18-13(19-20-11)7-4-9(14)12(16)10(15)5-7/h4-5,8H,2-3,6,17H2,1H3. The molecule has 1 aromatic carbocycles. The Labute approximate surface area is 113 Å². The maximum Gasteiger partial charge on any atom is 0.228 e. The third-order valence-corrected chi connectivity index (χ3v) is 2.81. The Hall–Kier alpha value is -1.89. The highest BCUT2D eigenvalue weighted by Crippen LogP contribution is 2.21. The molecular formula is C13H14F3N3O. The first kappa shape index (κ1) is 14.5. The van der Waals surface area contributed by atoms with E-state index in [0.717, 1.165) is 25.0 Å². The Morgan fingerprint density at radius 1 is 1.25 bits per heavy atom. The molecule has 0 aliphatic carbocycles. The third kappa shape index (κ3) is 3.16. The predicted octanol–water partition coefficient (Wildman–Crippen LogP) is 2.82. The van der Waals surface area contributed by atoms with Crippen LogP contribution in [0.3, 0.4) is 0 Å². The normalized spacial score (nSPS) is 12.7. The second-order valence-electron chi connectivity index (χ2n) is 4.52. The fraction of sp³-hybridized carbons (Fsp3) is 0.385. The minimum absolute atomic E-state index is 0.00139. The summed E-state index contributed by atoms with van der Waals surface area (Å²) in [7, 11) is 0. The molecule has 0 saturated heterocycles. The average molecular weight is 285 g/mol. The highest BCUT2D eigenvalue weighted by molar-refractivity contribution is 5.54. The Kier molecular flexibility index (Phi) is 4.39. The van der Waals surface area contributed by atoms with Crippen LogP contribution in [0, 0.1) is 17.5 Å². The summed E-state index contributed by atoms with van der Waals surface area (Å²) in [5.41, 5.74) is 5.85. The van der Waals surface area contributed by atoms with Gasteiger partial charge in [-0.2, -0.15) is 4.98 Å². The molecular weight excluding hydrogens is 271 g/mol. The Morgan fingerprint density at radius 3 is 2.50 bits per heavy atom. The molecule has 1 atom stereocenters. The maximum atomic E-state index is 13.1. The summed E-state index contributed by atoms with van der Waals surface area (Å²) in [4.78, 5) is 4.00. The Morgan fingerprint density at radius 2 is 1.90 bits per heavy atom. The number of benzene rings is 1. The number of hydrogen-bond acceptors (Lipinski definition) is 4. The SMILES string of the molecule is CCCC(N)Cc1nc(-c2cc(F)c(F)c(F)c2)no1. The molecule has 0 fully saturated rings. The number of aromatic nitrogens is 2. The zero-order valence-electron chi connectivity index (χ0n) is 10.9. The molecule has 2 N–H and O–H groups in total. The van der Waals surface area contributed by atoms with E-state index in [1.54, 1.807) is 0 Å². The van der Waals surface area contributed by atoms with E-state index < -0.39 is 17.5 Å². The van der Waals surface area contributed by atoms with Gasteiger partial charge in [0.05, 0.1) is 0 Å². The zero-order chi connectivity index (χ0) is 14.7. The van der Waals surface area contributed by atoms with Crippen molar-refractivity contribution in [2.75, 3.05) is 0 Å². The van der Waals surface area contributed by atoms with E-state index in [0.29, 0.717) is 6.42 Å². The number of hydrogen-bond donors (Lipinski definition) is 1. The largest absolute Gasteiger partial charge is 0.339 e. The van der Waals surface area contributed by atoms with E-state index in [4.69, 9.17) is 10.3 Å². The van der Waals surface area contributed by atoms with E-state index in [9.17, 15) is 13.2 Å². The van der Waals surface area contributed by atoms with Crippen LogP contribution < -0.4 is 5.73 Å². The van der Waals surface area contributed by atoms with Crippen molar-refractivity contribution >= 4 is 0 Å². The molecule has 1 heterocycles. The Bertz CT molecular complexity index is 577. The van der Waals surface area contributed by atoms with Gasteiger partial charge in [-0.05, 0) is 18.6 Å². The van der Waals surface area contributed by atoms with Gasteiger partial charge in [0.25, 0.3) is 0 Å². The lowest BCUT2D eigenvalue weighted by Gasteiger charge is -2.05. The molecule has 4 nitrogen and oxygen atoms in total. The van der Waals surface area contributed by atoms with Gasteiger partial charge in [-0.3, -0.25) is 0 Å². The number of rotatable bonds is 5. The smallest absolute Gasteiger partial charge is 0.228 e. The minimum Gasteiger partial charge on any atom is -0.339 e. The lowest BCUT2D eigenvalue weighted by atomic mass is 10.1. The molecule has 108 valence electrons. The molecule has 0 aliphatic heterocycles. The molecule has 2 rings (SSSR count). The van der Waals surface area contributed by atoms with Gasteiger partial charge in [0.15, 0.2) is 17.5 Å². The van der Waals surface area contributed by atoms with E-state index >= 15 is 0 Å². The van der Waals surface area contributed by atoms with Crippen LogP contribution in [0.15, 0.2) is 16.7 Å². The van der Waals surface area contributed by atoms with Crippen LogP contribution in [0.5, 0.6) is 0 Å². The summed E-state index contributed by atoms with van der Waals surface area (Å²) in [5, 5.41) is 3.61. The van der Waals surface area contributed by atoms with Crippen LogP contribution in [0.25, 0.3) is 11.4 Å². The van der Waals surface area contributed by atoms with Gasteiger partial charge in [0.2, 0.25) is 11.7 Å².